The Morgan fingerprint density at radius 1 is 1.11 bits per heavy atom. The third-order valence-corrected chi connectivity index (χ3v) is 5.01. The molecular weight excluding hydrogens is 378 g/mol. The maximum Gasteiger partial charge on any atom is 0.298 e. The van der Waals surface area contributed by atoms with Gasteiger partial charge in [-0.2, -0.15) is 0 Å². The molecule has 0 aliphatic carbocycles. The van der Waals surface area contributed by atoms with Gasteiger partial charge in [-0.3, -0.25) is 9.59 Å². The highest BCUT2D eigenvalue weighted by atomic mass is 32.2. The number of aromatic hydroxyl groups is 1. The van der Waals surface area contributed by atoms with Crippen molar-refractivity contribution < 1.29 is 24.2 Å². The maximum atomic E-state index is 12.7. The fourth-order valence-electron chi connectivity index (χ4n) is 2.66. The predicted molar refractivity (Wildman–Crippen MR) is 110 cm³/mol. The Morgan fingerprint density at radius 2 is 1.86 bits per heavy atom. The Kier molecular flexibility index (Phi) is 6.26. The number of phenolic OH excluding ortho intramolecular Hbond substituents is 1. The van der Waals surface area contributed by atoms with Crippen molar-refractivity contribution in [1.29, 1.82) is 0 Å². The van der Waals surface area contributed by atoms with Crippen LogP contribution in [0.4, 0.5) is 10.5 Å². The first-order valence-corrected chi connectivity index (χ1v) is 9.73. The molecule has 0 saturated carbocycles. The average molecular weight is 399 g/mol. The number of hydrogen-bond donors (Lipinski definition) is 1. The van der Waals surface area contributed by atoms with E-state index in [4.69, 9.17) is 9.47 Å². The van der Waals surface area contributed by atoms with E-state index in [1.807, 2.05) is 6.07 Å². The lowest BCUT2D eigenvalue weighted by Crippen LogP contribution is -2.27. The Labute approximate surface area is 167 Å². The van der Waals surface area contributed by atoms with E-state index in [1.54, 1.807) is 25.3 Å². The second-order valence-electron chi connectivity index (χ2n) is 6.15. The van der Waals surface area contributed by atoms with Crippen LogP contribution in [-0.4, -0.2) is 30.0 Å². The first-order chi connectivity index (χ1) is 13.5. The molecule has 1 heterocycles. The molecular formula is C21H21NO5S. The zero-order chi connectivity index (χ0) is 20.1. The van der Waals surface area contributed by atoms with E-state index in [9.17, 15) is 14.7 Å². The molecule has 2 aromatic rings. The number of thioether (sulfide) groups is 1. The third kappa shape index (κ3) is 4.31. The number of rotatable bonds is 7. The molecule has 0 unspecified atom stereocenters. The van der Waals surface area contributed by atoms with Crippen molar-refractivity contribution >= 4 is 34.7 Å². The van der Waals surface area contributed by atoms with Gasteiger partial charge in [-0.25, -0.2) is 4.90 Å². The fourth-order valence-corrected chi connectivity index (χ4v) is 3.50. The van der Waals surface area contributed by atoms with Crippen LogP contribution in [0.3, 0.4) is 0 Å². The number of anilines is 1. The SMILES string of the molecule is CCCCOc1ccc(/C=C2\SC(=O)N(c3ccc(O)cc3)C2=O)cc1OC. The van der Waals surface area contributed by atoms with E-state index >= 15 is 0 Å². The van der Waals surface area contributed by atoms with Gasteiger partial charge in [-0.1, -0.05) is 19.4 Å². The molecule has 0 aromatic heterocycles. The number of benzene rings is 2. The number of carbonyl (C=O) groups excluding carboxylic acids is 2. The second kappa shape index (κ2) is 8.84. The summed E-state index contributed by atoms with van der Waals surface area (Å²) in [5, 5.41) is 9.01. The van der Waals surface area contributed by atoms with Crippen molar-refractivity contribution in [3.05, 3.63) is 52.9 Å². The number of nitrogens with zero attached hydrogens (tertiary/aromatic N) is 1. The summed E-state index contributed by atoms with van der Waals surface area (Å²) in [4.78, 5) is 26.4. The van der Waals surface area contributed by atoms with E-state index in [-0.39, 0.29) is 11.0 Å². The number of hydrogen-bond acceptors (Lipinski definition) is 6. The zero-order valence-electron chi connectivity index (χ0n) is 15.7. The van der Waals surface area contributed by atoms with E-state index in [0.29, 0.717) is 28.7 Å². The van der Waals surface area contributed by atoms with E-state index < -0.39 is 5.91 Å². The number of carbonyl (C=O) groups is 2. The summed E-state index contributed by atoms with van der Waals surface area (Å²) < 4.78 is 11.1. The molecule has 3 rings (SSSR count). The molecule has 146 valence electrons. The van der Waals surface area contributed by atoms with E-state index in [1.165, 1.54) is 24.3 Å². The summed E-state index contributed by atoms with van der Waals surface area (Å²) >= 11 is 0.874. The van der Waals surface area contributed by atoms with Gasteiger partial charge in [-0.05, 0) is 66.2 Å². The molecule has 28 heavy (non-hydrogen) atoms. The Bertz CT molecular complexity index is 908. The lowest BCUT2D eigenvalue weighted by molar-refractivity contribution is -0.113. The molecule has 6 nitrogen and oxygen atoms in total. The predicted octanol–water partition coefficient (Wildman–Crippen LogP) is 4.82. The molecule has 1 aliphatic heterocycles. The average Bonchev–Trinajstić information content (AvgIpc) is 2.97. The van der Waals surface area contributed by atoms with Gasteiger partial charge in [0.15, 0.2) is 11.5 Å². The standard InChI is InChI=1S/C21H21NO5S/c1-3-4-11-27-17-10-5-14(12-18(17)26-2)13-19-20(24)22(21(25)28-19)15-6-8-16(23)9-7-15/h5-10,12-13,23H,3-4,11H2,1-2H3/b19-13-. The Balaban J connectivity index is 1.82. The van der Waals surface area contributed by atoms with Crippen molar-refractivity contribution in [2.75, 3.05) is 18.6 Å². The van der Waals surface area contributed by atoms with Crippen LogP contribution in [-0.2, 0) is 4.79 Å². The summed E-state index contributed by atoms with van der Waals surface area (Å²) in [7, 11) is 1.56. The van der Waals surface area contributed by atoms with Crippen LogP contribution in [0, 0.1) is 0 Å². The first kappa shape index (κ1) is 19.8. The third-order valence-electron chi connectivity index (χ3n) is 4.14. The highest BCUT2D eigenvalue weighted by molar-refractivity contribution is 8.19. The smallest absolute Gasteiger partial charge is 0.298 e. The van der Waals surface area contributed by atoms with Crippen LogP contribution in [0.5, 0.6) is 17.2 Å². The van der Waals surface area contributed by atoms with Gasteiger partial charge in [0.25, 0.3) is 11.1 Å². The number of unbranched alkanes of at least 4 members (excludes halogenated alkanes) is 1. The monoisotopic (exact) mass is 399 g/mol. The van der Waals surface area contributed by atoms with Crippen LogP contribution in [0.1, 0.15) is 25.3 Å². The van der Waals surface area contributed by atoms with Gasteiger partial charge in [0, 0.05) is 0 Å². The number of methoxy groups -OCH3 is 1. The molecule has 1 N–H and O–H groups in total. The topological polar surface area (TPSA) is 76.1 Å². The summed E-state index contributed by atoms with van der Waals surface area (Å²) in [6.45, 7) is 2.70. The minimum Gasteiger partial charge on any atom is -0.508 e. The maximum absolute atomic E-state index is 12.7. The molecule has 0 spiro atoms. The largest absolute Gasteiger partial charge is 0.508 e. The Hall–Kier alpha value is -2.93. The van der Waals surface area contributed by atoms with Crippen molar-refractivity contribution in [1.82, 2.24) is 0 Å². The summed E-state index contributed by atoms with van der Waals surface area (Å²) in [5.74, 6) is 0.885. The molecule has 7 heteroatoms. The van der Waals surface area contributed by atoms with Crippen LogP contribution in [0.15, 0.2) is 47.4 Å². The number of imide groups is 1. The molecule has 1 fully saturated rings. The van der Waals surface area contributed by atoms with Crippen molar-refractivity contribution in [3.63, 3.8) is 0 Å². The number of ether oxygens (including phenoxy) is 2. The van der Waals surface area contributed by atoms with Gasteiger partial charge < -0.3 is 14.6 Å². The minimum absolute atomic E-state index is 0.0691. The lowest BCUT2D eigenvalue weighted by Gasteiger charge is -2.12. The number of amides is 2. The summed E-state index contributed by atoms with van der Waals surface area (Å²) in [6.07, 6.45) is 3.65. The van der Waals surface area contributed by atoms with Crippen molar-refractivity contribution in [2.45, 2.75) is 19.8 Å². The van der Waals surface area contributed by atoms with Gasteiger partial charge in [0.05, 0.1) is 24.3 Å². The summed E-state index contributed by atoms with van der Waals surface area (Å²) in [6, 6.07) is 11.3. The van der Waals surface area contributed by atoms with Crippen molar-refractivity contribution in [3.8, 4) is 17.2 Å². The molecule has 1 aliphatic rings. The second-order valence-corrected chi connectivity index (χ2v) is 7.14. The van der Waals surface area contributed by atoms with Gasteiger partial charge in [0.2, 0.25) is 0 Å². The zero-order valence-corrected chi connectivity index (χ0v) is 16.5. The highest BCUT2D eigenvalue weighted by Crippen LogP contribution is 2.37. The normalized spacial score (nSPS) is 15.4. The first-order valence-electron chi connectivity index (χ1n) is 8.91. The minimum atomic E-state index is -0.400. The Morgan fingerprint density at radius 3 is 2.54 bits per heavy atom. The van der Waals surface area contributed by atoms with Gasteiger partial charge in [-0.15, -0.1) is 0 Å². The van der Waals surface area contributed by atoms with Gasteiger partial charge in [0.1, 0.15) is 5.75 Å². The molecule has 0 radical (unpaired) electrons. The number of phenols is 1. The van der Waals surface area contributed by atoms with Crippen LogP contribution in [0.25, 0.3) is 6.08 Å². The van der Waals surface area contributed by atoms with Gasteiger partial charge >= 0.3 is 0 Å². The highest BCUT2D eigenvalue weighted by Gasteiger charge is 2.36. The quantitative estimate of drug-likeness (QED) is 0.531. The molecule has 2 amide bonds. The van der Waals surface area contributed by atoms with Crippen LogP contribution < -0.4 is 14.4 Å². The lowest BCUT2D eigenvalue weighted by atomic mass is 10.1. The van der Waals surface area contributed by atoms with Crippen LogP contribution in [0.2, 0.25) is 0 Å². The molecule has 1 saturated heterocycles. The fraction of sp³-hybridized carbons (Fsp3) is 0.238. The summed E-state index contributed by atoms with van der Waals surface area (Å²) in [5.41, 5.74) is 1.15. The van der Waals surface area contributed by atoms with E-state index in [2.05, 4.69) is 6.92 Å². The molecule has 0 bridgehead atoms. The van der Waals surface area contributed by atoms with Crippen molar-refractivity contribution in [2.24, 2.45) is 0 Å². The van der Waals surface area contributed by atoms with Crippen LogP contribution >= 0.6 is 11.8 Å². The molecule has 0 atom stereocenters. The molecule has 2 aromatic carbocycles. The van der Waals surface area contributed by atoms with E-state index in [0.717, 1.165) is 35.1 Å².